The van der Waals surface area contributed by atoms with Gasteiger partial charge in [0, 0.05) is 25.5 Å². The number of hydrogen-bond donors (Lipinski definition) is 3. The van der Waals surface area contributed by atoms with Crippen LogP contribution < -0.4 is 11.1 Å². The average molecular weight is 280 g/mol. The van der Waals surface area contributed by atoms with Crippen molar-refractivity contribution in [2.75, 3.05) is 18.9 Å². The molecule has 0 aliphatic rings. The van der Waals surface area contributed by atoms with E-state index in [2.05, 4.69) is 15.3 Å². The SMILES string of the molecule is Nc1c(C(=O)NCCCCCO)sc2nccnc12. The quantitative estimate of drug-likeness (QED) is 0.689. The second-order valence-electron chi connectivity index (χ2n) is 4.10. The predicted molar refractivity (Wildman–Crippen MR) is 75.1 cm³/mol. The van der Waals surface area contributed by atoms with E-state index in [0.717, 1.165) is 19.3 Å². The van der Waals surface area contributed by atoms with Crippen molar-refractivity contribution in [1.29, 1.82) is 0 Å². The van der Waals surface area contributed by atoms with Gasteiger partial charge in [0.05, 0.1) is 5.69 Å². The summed E-state index contributed by atoms with van der Waals surface area (Å²) in [6, 6.07) is 0. The Morgan fingerprint density at radius 1 is 1.32 bits per heavy atom. The van der Waals surface area contributed by atoms with Gasteiger partial charge >= 0.3 is 0 Å². The zero-order valence-electron chi connectivity index (χ0n) is 10.4. The zero-order chi connectivity index (χ0) is 13.7. The lowest BCUT2D eigenvalue weighted by atomic mass is 10.2. The molecule has 0 bridgehead atoms. The molecular weight excluding hydrogens is 264 g/mol. The van der Waals surface area contributed by atoms with Gasteiger partial charge in [0.2, 0.25) is 0 Å². The van der Waals surface area contributed by atoms with Gasteiger partial charge in [0.15, 0.2) is 0 Å². The second kappa shape index (κ2) is 6.44. The lowest BCUT2D eigenvalue weighted by Crippen LogP contribution is -2.24. The van der Waals surface area contributed by atoms with Crippen molar-refractivity contribution in [2.45, 2.75) is 19.3 Å². The van der Waals surface area contributed by atoms with Crippen molar-refractivity contribution < 1.29 is 9.90 Å². The normalized spacial score (nSPS) is 10.8. The summed E-state index contributed by atoms with van der Waals surface area (Å²) in [4.78, 5) is 21.4. The van der Waals surface area contributed by atoms with E-state index < -0.39 is 0 Å². The van der Waals surface area contributed by atoms with Crippen LogP contribution in [0.4, 0.5) is 5.69 Å². The van der Waals surface area contributed by atoms with E-state index in [4.69, 9.17) is 10.8 Å². The first kappa shape index (κ1) is 13.7. The molecular formula is C12H16N4O2S. The Labute approximate surface area is 114 Å². The molecule has 2 aromatic rings. The highest BCUT2D eigenvalue weighted by Gasteiger charge is 2.17. The second-order valence-corrected chi connectivity index (χ2v) is 5.09. The first-order chi connectivity index (χ1) is 9.24. The lowest BCUT2D eigenvalue weighted by Gasteiger charge is -2.03. The van der Waals surface area contributed by atoms with Crippen molar-refractivity contribution >= 4 is 33.3 Å². The van der Waals surface area contributed by atoms with Crippen LogP contribution in [0.1, 0.15) is 28.9 Å². The molecule has 0 fully saturated rings. The molecule has 7 heteroatoms. The number of hydrogen-bond acceptors (Lipinski definition) is 6. The number of rotatable bonds is 6. The summed E-state index contributed by atoms with van der Waals surface area (Å²) in [5.74, 6) is -0.189. The minimum Gasteiger partial charge on any atom is -0.396 e. The number of unbranched alkanes of at least 4 members (excludes halogenated alkanes) is 2. The number of anilines is 1. The van der Waals surface area contributed by atoms with Crippen LogP contribution in [-0.4, -0.2) is 34.1 Å². The minimum absolute atomic E-state index is 0.189. The molecule has 19 heavy (non-hydrogen) atoms. The van der Waals surface area contributed by atoms with Crippen LogP contribution in [0.5, 0.6) is 0 Å². The van der Waals surface area contributed by atoms with Crippen LogP contribution >= 0.6 is 11.3 Å². The molecule has 0 aromatic carbocycles. The Bertz CT molecular complexity index is 570. The number of carbonyl (C=O) groups excluding carboxylic acids is 1. The first-order valence-corrected chi connectivity index (χ1v) is 6.93. The van der Waals surface area contributed by atoms with Crippen molar-refractivity contribution in [2.24, 2.45) is 0 Å². The maximum absolute atomic E-state index is 12.0. The van der Waals surface area contributed by atoms with E-state index in [9.17, 15) is 4.79 Å². The summed E-state index contributed by atoms with van der Waals surface area (Å²) in [6.07, 6.45) is 5.63. The monoisotopic (exact) mass is 280 g/mol. The highest BCUT2D eigenvalue weighted by molar-refractivity contribution is 7.21. The Morgan fingerprint density at radius 3 is 2.84 bits per heavy atom. The van der Waals surface area contributed by atoms with Crippen LogP contribution in [0.15, 0.2) is 12.4 Å². The fourth-order valence-electron chi connectivity index (χ4n) is 1.71. The predicted octanol–water partition coefficient (Wildman–Crippen LogP) is 1.17. The Kier molecular flexibility index (Phi) is 4.64. The summed E-state index contributed by atoms with van der Waals surface area (Å²) in [6.45, 7) is 0.766. The van der Waals surface area contributed by atoms with Crippen molar-refractivity contribution in [3.05, 3.63) is 17.3 Å². The van der Waals surface area contributed by atoms with Gasteiger partial charge in [-0.05, 0) is 19.3 Å². The van der Waals surface area contributed by atoms with Crippen molar-refractivity contribution in [3.63, 3.8) is 0 Å². The van der Waals surface area contributed by atoms with Crippen LogP contribution in [0, 0.1) is 0 Å². The Hall–Kier alpha value is -1.73. The summed E-state index contributed by atoms with van der Waals surface area (Å²) >= 11 is 1.25. The van der Waals surface area contributed by atoms with Crippen LogP contribution in [-0.2, 0) is 0 Å². The average Bonchev–Trinajstić information content (AvgIpc) is 2.76. The highest BCUT2D eigenvalue weighted by atomic mass is 32.1. The largest absolute Gasteiger partial charge is 0.396 e. The van der Waals surface area contributed by atoms with Crippen LogP contribution in [0.2, 0.25) is 0 Å². The number of carbonyl (C=O) groups is 1. The molecule has 0 unspecified atom stereocenters. The standard InChI is InChI=1S/C12H16N4O2S/c13-8-9-12(16-6-5-14-9)19-10(8)11(18)15-4-2-1-3-7-17/h5-6,17H,1-4,7,13H2,(H,15,18). The number of fused-ring (bicyclic) bond motifs is 1. The minimum atomic E-state index is -0.189. The molecule has 6 nitrogen and oxygen atoms in total. The molecule has 2 rings (SSSR count). The van der Waals surface area contributed by atoms with Gasteiger partial charge in [-0.1, -0.05) is 0 Å². The highest BCUT2D eigenvalue weighted by Crippen LogP contribution is 2.30. The molecule has 1 amide bonds. The van der Waals surface area contributed by atoms with Gasteiger partial charge < -0.3 is 16.2 Å². The van der Waals surface area contributed by atoms with E-state index in [1.54, 1.807) is 12.4 Å². The molecule has 102 valence electrons. The van der Waals surface area contributed by atoms with Crippen molar-refractivity contribution in [1.82, 2.24) is 15.3 Å². The summed E-state index contributed by atoms with van der Waals surface area (Å²) < 4.78 is 0. The van der Waals surface area contributed by atoms with Gasteiger partial charge in [-0.2, -0.15) is 0 Å². The molecule has 0 saturated carbocycles. The topological polar surface area (TPSA) is 101 Å². The number of nitrogens with one attached hydrogen (secondary N) is 1. The fraction of sp³-hybridized carbons (Fsp3) is 0.417. The van der Waals surface area contributed by atoms with Gasteiger partial charge in [-0.25, -0.2) is 9.97 Å². The summed E-state index contributed by atoms with van der Waals surface area (Å²) in [7, 11) is 0. The first-order valence-electron chi connectivity index (χ1n) is 6.12. The van der Waals surface area contributed by atoms with E-state index >= 15 is 0 Å². The molecule has 0 spiro atoms. The van der Waals surface area contributed by atoms with E-state index in [0.29, 0.717) is 27.5 Å². The number of nitrogens with two attached hydrogens (primary N) is 1. The molecule has 0 aliphatic carbocycles. The molecule has 2 heterocycles. The number of nitrogens with zero attached hydrogens (tertiary/aromatic N) is 2. The third-order valence-corrected chi connectivity index (χ3v) is 3.79. The number of aromatic nitrogens is 2. The van der Waals surface area contributed by atoms with E-state index in [1.165, 1.54) is 11.3 Å². The van der Waals surface area contributed by atoms with Gasteiger partial charge in [-0.15, -0.1) is 11.3 Å². The van der Waals surface area contributed by atoms with E-state index in [-0.39, 0.29) is 12.5 Å². The molecule has 2 aromatic heterocycles. The molecule has 4 N–H and O–H groups in total. The van der Waals surface area contributed by atoms with Gasteiger partial charge in [-0.3, -0.25) is 4.79 Å². The molecule has 0 atom stereocenters. The maximum atomic E-state index is 12.0. The lowest BCUT2D eigenvalue weighted by molar-refractivity contribution is 0.0957. The summed E-state index contributed by atoms with van der Waals surface area (Å²) in [5, 5.41) is 11.5. The van der Waals surface area contributed by atoms with E-state index in [1.807, 2.05) is 0 Å². The molecule has 0 aliphatic heterocycles. The molecule has 0 saturated heterocycles. The third kappa shape index (κ3) is 3.18. The van der Waals surface area contributed by atoms with Crippen LogP contribution in [0.25, 0.3) is 10.3 Å². The van der Waals surface area contributed by atoms with Crippen molar-refractivity contribution in [3.8, 4) is 0 Å². The zero-order valence-corrected chi connectivity index (χ0v) is 11.2. The smallest absolute Gasteiger partial charge is 0.263 e. The van der Waals surface area contributed by atoms with Crippen LogP contribution in [0.3, 0.4) is 0 Å². The summed E-state index contributed by atoms with van der Waals surface area (Å²) in [5.41, 5.74) is 6.88. The number of amides is 1. The number of aliphatic hydroxyl groups is 1. The number of thiophene rings is 1. The fourth-order valence-corrected chi connectivity index (χ4v) is 2.65. The molecule has 0 radical (unpaired) electrons. The van der Waals surface area contributed by atoms with Gasteiger partial charge in [0.1, 0.15) is 15.2 Å². The third-order valence-electron chi connectivity index (χ3n) is 2.69. The Morgan fingerprint density at radius 2 is 2.11 bits per heavy atom. The van der Waals surface area contributed by atoms with Gasteiger partial charge in [0.25, 0.3) is 5.91 Å². The number of nitrogen functional groups attached to an aromatic ring is 1. The Balaban J connectivity index is 1.99. The number of aliphatic hydroxyl groups excluding tert-OH is 1. The maximum Gasteiger partial charge on any atom is 0.263 e.